The summed E-state index contributed by atoms with van der Waals surface area (Å²) in [5.41, 5.74) is 1.91. The smallest absolute Gasteiger partial charge is 0.325 e. The molecule has 4 fully saturated rings. The van der Waals surface area contributed by atoms with E-state index in [9.17, 15) is 24.0 Å². The molecule has 4 saturated heterocycles. The average molecular weight is 1070 g/mol. The van der Waals surface area contributed by atoms with Gasteiger partial charge in [0.05, 0.1) is 137 Å². The molecule has 0 saturated carbocycles. The molecule has 8 amide bonds. The van der Waals surface area contributed by atoms with Crippen LogP contribution in [-0.4, -0.2) is 209 Å². The summed E-state index contributed by atoms with van der Waals surface area (Å²) >= 11 is 1.90. The molecule has 4 aliphatic rings. The zero-order valence-corrected chi connectivity index (χ0v) is 43.6. The minimum absolute atomic E-state index is 0.0332. The molecule has 7 rings (SSSR count). The lowest BCUT2D eigenvalue weighted by Gasteiger charge is -2.37. The van der Waals surface area contributed by atoms with Gasteiger partial charge in [-0.05, 0) is 43.4 Å². The van der Waals surface area contributed by atoms with Gasteiger partial charge in [0.1, 0.15) is 11.2 Å². The maximum absolute atomic E-state index is 13.4. The molecule has 75 heavy (non-hydrogen) atoms. The fourth-order valence-electron chi connectivity index (χ4n) is 8.94. The van der Waals surface area contributed by atoms with Crippen molar-refractivity contribution in [2.45, 2.75) is 74.5 Å². The van der Waals surface area contributed by atoms with Gasteiger partial charge in [-0.3, -0.25) is 14.5 Å². The number of amides is 8. The number of piperidine rings is 1. The maximum Gasteiger partial charge on any atom is 0.325 e. The van der Waals surface area contributed by atoms with Gasteiger partial charge in [0, 0.05) is 48.3 Å². The number of benzene rings is 2. The Kier molecular flexibility index (Phi) is 24.1. The number of nitrogens with zero attached hydrogens (tertiary/aromatic N) is 5. The van der Waals surface area contributed by atoms with Crippen LogP contribution in [0.5, 0.6) is 0 Å². The number of rotatable bonds is 36. The van der Waals surface area contributed by atoms with Crippen LogP contribution in [0, 0.1) is 0 Å². The summed E-state index contributed by atoms with van der Waals surface area (Å²) in [7, 11) is 0. The van der Waals surface area contributed by atoms with E-state index >= 15 is 0 Å². The third kappa shape index (κ3) is 19.0. The van der Waals surface area contributed by atoms with Gasteiger partial charge in [-0.1, -0.05) is 54.1 Å². The van der Waals surface area contributed by atoms with Gasteiger partial charge in [0.25, 0.3) is 5.91 Å². The lowest BCUT2D eigenvalue weighted by molar-refractivity contribution is -0.133. The number of hydrogen-bond donors (Lipinski definition) is 5. The van der Waals surface area contributed by atoms with E-state index in [0.717, 1.165) is 36.1 Å². The summed E-state index contributed by atoms with van der Waals surface area (Å²) in [5, 5.41) is 23.7. The number of imide groups is 1. The average Bonchev–Trinajstić information content (AvgIpc) is 4.20. The zero-order chi connectivity index (χ0) is 52.3. The molecule has 4 aliphatic heterocycles. The van der Waals surface area contributed by atoms with Gasteiger partial charge < -0.3 is 69.4 Å². The van der Waals surface area contributed by atoms with Crippen molar-refractivity contribution in [3.8, 4) is 11.3 Å². The molecule has 1 spiro atoms. The lowest BCUT2D eigenvalue weighted by Crippen LogP contribution is -2.56. The SMILES string of the molecule is O=C(CCCC[C@@H]1SCC2NC(=O)N[C@@H]21)NCCOCCOCCOCCOCCOCCOCCOCCOCCn1cc(-c2cccc(NC(=O)N3CCC4(CC3)NC(=O)N(Cc3ccccc3)C4=O)c2)nn1. The number of carbonyl (C=O) groups is 5. The van der Waals surface area contributed by atoms with Crippen LogP contribution in [0.3, 0.4) is 0 Å². The molecule has 3 aromatic rings. The third-order valence-electron chi connectivity index (χ3n) is 13.0. The van der Waals surface area contributed by atoms with Gasteiger partial charge in [-0.15, -0.1) is 5.10 Å². The highest BCUT2D eigenvalue weighted by Crippen LogP contribution is 2.34. The predicted octanol–water partition coefficient (Wildman–Crippen LogP) is 3.04. The van der Waals surface area contributed by atoms with Crippen LogP contribution in [0.4, 0.5) is 20.1 Å². The number of carbonyl (C=O) groups excluding carboxylic acids is 5. The van der Waals surface area contributed by atoms with E-state index in [1.165, 1.54) is 4.90 Å². The molecular formula is C51H74N10O13S. The second-order valence-electron chi connectivity index (χ2n) is 18.4. The first kappa shape index (κ1) is 57.3. The Morgan fingerprint density at radius 1 is 0.720 bits per heavy atom. The molecular weight excluding hydrogens is 993 g/mol. The predicted molar refractivity (Wildman–Crippen MR) is 277 cm³/mol. The number of urea groups is 3. The van der Waals surface area contributed by atoms with Crippen molar-refractivity contribution < 1.29 is 61.9 Å². The Morgan fingerprint density at radius 2 is 1.33 bits per heavy atom. The highest BCUT2D eigenvalue weighted by Gasteiger charge is 2.52. The van der Waals surface area contributed by atoms with Gasteiger partial charge >= 0.3 is 18.1 Å². The molecule has 0 radical (unpaired) electrons. The summed E-state index contributed by atoms with van der Waals surface area (Å²) in [5.74, 6) is 0.735. The van der Waals surface area contributed by atoms with E-state index in [4.69, 9.17) is 37.9 Å². The fourth-order valence-corrected chi connectivity index (χ4v) is 10.5. The standard InChI is InChI=1S/C51H74N10O13S/c62-45(12-5-4-11-44-46-43(38-75-44)54-48(64)55-46)52-15-19-67-21-23-69-25-27-71-29-31-73-33-34-74-32-30-72-28-26-70-24-22-68-20-18-60-37-42(57-58-60)40-9-6-10-41(35-40)53-49(65)59-16-13-51(14-17-59)47(63)61(50(66)56-51)36-39-7-2-1-3-8-39/h1-3,6-10,35,37,43-44,46H,4-5,11-34,36,38H2,(H,52,62)(H,53,65)(H,56,66)(H2,54,55,64)/t43?,44-,46-/m0/s1. The van der Waals surface area contributed by atoms with Crippen LogP contribution in [0.2, 0.25) is 0 Å². The third-order valence-corrected chi connectivity index (χ3v) is 14.5. The van der Waals surface area contributed by atoms with Crippen molar-refractivity contribution >= 4 is 47.4 Å². The van der Waals surface area contributed by atoms with Gasteiger partial charge in [0.2, 0.25) is 5.91 Å². The van der Waals surface area contributed by atoms with E-state index in [2.05, 4.69) is 36.9 Å². The normalized spacial score (nSPS) is 18.8. The van der Waals surface area contributed by atoms with E-state index < -0.39 is 11.6 Å². The number of ether oxygens (including phenoxy) is 8. The Labute approximate surface area is 442 Å². The van der Waals surface area contributed by atoms with Crippen LogP contribution < -0.4 is 26.6 Å². The Morgan fingerprint density at radius 3 is 1.97 bits per heavy atom. The molecule has 0 aliphatic carbocycles. The molecule has 412 valence electrons. The first-order chi connectivity index (χ1) is 36.8. The van der Waals surface area contributed by atoms with Crippen molar-refractivity contribution in [1.29, 1.82) is 0 Å². The van der Waals surface area contributed by atoms with E-state index in [1.807, 2.05) is 66.5 Å². The summed E-state index contributed by atoms with van der Waals surface area (Å²) < 4.78 is 46.2. The van der Waals surface area contributed by atoms with Crippen LogP contribution in [-0.2, 0) is 60.6 Å². The van der Waals surface area contributed by atoms with E-state index in [0.29, 0.717) is 168 Å². The number of likely N-dealkylation sites (tertiary alicyclic amines) is 1. The van der Waals surface area contributed by atoms with Crippen LogP contribution >= 0.6 is 11.8 Å². The maximum atomic E-state index is 13.4. The molecule has 3 atom stereocenters. The number of aromatic nitrogens is 3. The quantitative estimate of drug-likeness (QED) is 0.0319. The molecule has 24 heteroatoms. The molecule has 5 N–H and O–H groups in total. The topological polar surface area (TPSA) is 257 Å². The van der Waals surface area contributed by atoms with Crippen LogP contribution in [0.15, 0.2) is 60.8 Å². The summed E-state index contributed by atoms with van der Waals surface area (Å²) in [6, 6.07) is 16.5. The fraction of sp³-hybridized carbons (Fsp3) is 0.627. The highest BCUT2D eigenvalue weighted by molar-refractivity contribution is 8.00. The zero-order valence-electron chi connectivity index (χ0n) is 42.8. The van der Waals surface area contributed by atoms with Gasteiger partial charge in [0.15, 0.2) is 0 Å². The minimum Gasteiger partial charge on any atom is -0.377 e. The van der Waals surface area contributed by atoms with Gasteiger partial charge in [-0.2, -0.15) is 11.8 Å². The molecule has 23 nitrogen and oxygen atoms in total. The number of hydrogen-bond acceptors (Lipinski definition) is 16. The first-order valence-corrected chi connectivity index (χ1v) is 27.1. The molecule has 1 aromatic heterocycles. The lowest BCUT2D eigenvalue weighted by atomic mass is 9.87. The molecule has 2 aromatic carbocycles. The number of anilines is 1. The van der Waals surface area contributed by atoms with E-state index in [-0.39, 0.29) is 42.5 Å². The van der Waals surface area contributed by atoms with Gasteiger partial charge in [-0.25, -0.2) is 19.1 Å². The summed E-state index contributed by atoms with van der Waals surface area (Å²) in [4.78, 5) is 65.9. The molecule has 5 heterocycles. The van der Waals surface area contributed by atoms with Crippen molar-refractivity contribution in [3.63, 3.8) is 0 Å². The first-order valence-electron chi connectivity index (χ1n) is 26.1. The van der Waals surface area contributed by atoms with Crippen LogP contribution in [0.25, 0.3) is 11.3 Å². The largest absolute Gasteiger partial charge is 0.377 e. The second-order valence-corrected chi connectivity index (χ2v) is 19.6. The Balaban J connectivity index is 0.590. The monoisotopic (exact) mass is 1070 g/mol. The number of thioether (sulfide) groups is 1. The van der Waals surface area contributed by atoms with E-state index in [1.54, 1.807) is 15.6 Å². The Hall–Kier alpha value is -5.44. The van der Waals surface area contributed by atoms with Crippen molar-refractivity contribution in [2.75, 3.05) is 136 Å². The number of nitrogens with one attached hydrogen (secondary N) is 5. The van der Waals surface area contributed by atoms with Crippen molar-refractivity contribution in [3.05, 3.63) is 66.4 Å². The Bertz CT molecular complexity index is 2220. The summed E-state index contributed by atoms with van der Waals surface area (Å²) in [6.07, 6.45) is 5.78. The summed E-state index contributed by atoms with van der Waals surface area (Å²) in [6.45, 7) is 8.99. The molecule has 1 unspecified atom stereocenters. The number of fused-ring (bicyclic) bond motifs is 1. The second kappa shape index (κ2) is 31.6. The van der Waals surface area contributed by atoms with Crippen molar-refractivity contribution in [2.24, 2.45) is 0 Å². The highest BCUT2D eigenvalue weighted by atomic mass is 32.2. The minimum atomic E-state index is -1.000. The molecule has 0 bridgehead atoms. The number of unbranched alkanes of at least 4 members (excludes halogenated alkanes) is 1. The van der Waals surface area contributed by atoms with Crippen molar-refractivity contribution in [1.82, 2.24) is 46.1 Å². The van der Waals surface area contributed by atoms with Crippen LogP contribution in [0.1, 0.15) is 44.1 Å².